The van der Waals surface area contributed by atoms with Gasteiger partial charge in [-0.15, -0.1) is 0 Å². The molecule has 0 aliphatic carbocycles. The smallest absolute Gasteiger partial charge is 0.790 e. The predicted molar refractivity (Wildman–Crippen MR) is 60.8 cm³/mol. The van der Waals surface area contributed by atoms with Gasteiger partial charge in [0.1, 0.15) is 18.2 Å². The molecule has 0 amide bonds. The molecule has 1 saturated heterocycles. The molecule has 14 heteroatoms. The van der Waals surface area contributed by atoms with E-state index in [0.29, 0.717) is 0 Å². The molecular formula is C9H11Li2N2O9P. The molecule has 0 aromatic carbocycles. The number of rotatable bonds is 6. The van der Waals surface area contributed by atoms with E-state index in [1.165, 1.54) is 0 Å². The zero-order chi connectivity index (χ0) is 25.3. The zero-order valence-electron chi connectivity index (χ0n) is 22.5. The predicted octanol–water partition coefficient (Wildman–Crippen LogP) is -9.99. The number of phosphoric ester groups is 1. The van der Waals surface area contributed by atoms with Crippen molar-refractivity contribution in [3.8, 4) is 0 Å². The summed E-state index contributed by atoms with van der Waals surface area (Å²) in [5.74, 6) is 0. The van der Waals surface area contributed by atoms with Gasteiger partial charge in [0.25, 0.3) is 5.56 Å². The summed E-state index contributed by atoms with van der Waals surface area (Å²) >= 11 is 0. The summed E-state index contributed by atoms with van der Waals surface area (Å²) in [6, 6.07) is -1.48. The molecule has 3 N–H and O–H groups in total. The van der Waals surface area contributed by atoms with Crippen LogP contribution in [0.2, 0.25) is 1.41 Å². The van der Waals surface area contributed by atoms with Crippen LogP contribution in [0.5, 0.6) is 0 Å². The molecule has 2 rings (SSSR count). The molecule has 1 aromatic rings. The van der Waals surface area contributed by atoms with Crippen LogP contribution in [0.4, 0.5) is 0 Å². The third kappa shape index (κ3) is 5.71. The Kier molecular flexibility index (Phi) is 3.88. The molecule has 118 valence electrons. The van der Waals surface area contributed by atoms with E-state index in [4.69, 9.17) is 15.2 Å². The number of nitrogens with zero attached hydrogens (tertiary/aromatic N) is 1. The van der Waals surface area contributed by atoms with Crippen LogP contribution in [0.1, 0.15) is 17.2 Å². The second-order valence-corrected chi connectivity index (χ2v) is 4.38. The first-order chi connectivity index (χ1) is 14.2. The molecule has 4 atom stereocenters. The van der Waals surface area contributed by atoms with Crippen molar-refractivity contribution in [2.45, 2.75) is 24.4 Å². The summed E-state index contributed by atoms with van der Waals surface area (Å²) in [5.41, 5.74) is -3.75. The van der Waals surface area contributed by atoms with Gasteiger partial charge in [0, 0.05) is 12.2 Å². The fraction of sp³-hybridized carbons (Fsp3) is 0.556. The maximum Gasteiger partial charge on any atom is 1.00 e. The Labute approximate surface area is 168 Å². The van der Waals surface area contributed by atoms with E-state index in [1.807, 2.05) is 0 Å². The molecule has 0 saturated carbocycles. The van der Waals surface area contributed by atoms with E-state index >= 15 is 0 Å². The molecule has 0 radical (unpaired) electrons. The monoisotopic (exact) mass is 349 g/mol. The summed E-state index contributed by atoms with van der Waals surface area (Å²) in [6.07, 6.45) is -18.2. The van der Waals surface area contributed by atoms with Gasteiger partial charge in [-0.05, 0) is 0 Å². The molecule has 0 bridgehead atoms. The van der Waals surface area contributed by atoms with Gasteiger partial charge in [-0.2, -0.15) is 0 Å². The fourth-order valence-electron chi connectivity index (χ4n) is 1.16. The van der Waals surface area contributed by atoms with Gasteiger partial charge in [0.15, 0.2) is 7.62 Å². The van der Waals surface area contributed by atoms with Crippen LogP contribution in [0.3, 0.4) is 0 Å². The number of H-pyrrole nitrogens is 1. The first kappa shape index (κ1) is 10.1. The Morgan fingerprint density at radius 2 is 2.22 bits per heavy atom. The molecule has 11 nitrogen and oxygen atoms in total. The average Bonchev–Trinajstić information content (AvgIpc) is 2.80. The van der Waals surface area contributed by atoms with Gasteiger partial charge < -0.3 is 33.8 Å². The summed E-state index contributed by atoms with van der Waals surface area (Å²) in [7, 11) is -6.35. The minimum atomic E-state index is -6.35. The van der Waals surface area contributed by atoms with Gasteiger partial charge in [0.2, 0.25) is 2.86 Å². The van der Waals surface area contributed by atoms with Crippen molar-refractivity contribution in [2.75, 3.05) is 6.56 Å². The molecule has 2 heterocycles. The number of aromatic amines is 1. The van der Waals surface area contributed by atoms with Crippen LogP contribution >= 0.6 is 7.82 Å². The number of aromatic nitrogens is 2. The molecule has 1 aromatic heterocycles. The average molecular weight is 349 g/mol. The standard InChI is InChI=1S/C9H13N2O9P.2Li/c12-5-1-2-11(9(15)10-5)8-7(14)6(13)4(20-8)3-19-21(16,17)18;;/h1-2,4,6-8,13-14H,3H2,(H,10,12,15)(H2,16,17,18);;/q;2*+1/p-2/t4-,6-,7?,8-;;/m1../s1/i1D,2D,3D2,4D,6D,7D,8D,10+1,11+1,13D,14D;;/hD. The Hall–Kier alpha value is -0.135. The van der Waals surface area contributed by atoms with Crippen molar-refractivity contribution in [2.24, 2.45) is 0 Å². The van der Waals surface area contributed by atoms with Crippen molar-refractivity contribution in [3.05, 3.63) is 33.1 Å². The number of hydrogen-bond acceptors (Lipinski definition) is 9. The molecule has 1 unspecified atom stereocenters. The van der Waals surface area contributed by atoms with Gasteiger partial charge >= 0.3 is 43.4 Å². The third-order valence-electron chi connectivity index (χ3n) is 1.92. The van der Waals surface area contributed by atoms with Crippen LogP contribution in [0.25, 0.3) is 0 Å². The second-order valence-electron chi connectivity index (χ2n) is 3.31. The van der Waals surface area contributed by atoms with Crippen LogP contribution in [0.15, 0.2) is 21.8 Å². The first-order valence-electron chi connectivity index (χ1n) is 10.0. The van der Waals surface area contributed by atoms with Crippen molar-refractivity contribution in [1.82, 2.24) is 9.54 Å². The van der Waals surface area contributed by atoms with Crippen LogP contribution in [-0.2, 0) is 13.8 Å². The summed E-state index contributed by atoms with van der Waals surface area (Å²) in [5, 5.41) is 7.67. The van der Waals surface area contributed by atoms with Gasteiger partial charge in [-0.25, -0.2) is 4.79 Å². The molecule has 1 aliphatic heterocycles. The van der Waals surface area contributed by atoms with Crippen molar-refractivity contribution < 1.29 is 83.9 Å². The Morgan fingerprint density at radius 3 is 2.78 bits per heavy atom. The molecule has 23 heavy (non-hydrogen) atoms. The molecular weight excluding hydrogens is 327 g/mol. The summed E-state index contributed by atoms with van der Waals surface area (Å²) < 4.78 is 103. The maximum absolute atomic E-state index is 12.4. The fourth-order valence-corrected chi connectivity index (χ4v) is 1.35. The van der Waals surface area contributed by atoms with Gasteiger partial charge in [-0.3, -0.25) is 14.3 Å². The minimum Gasteiger partial charge on any atom is -0.790 e. The molecule has 0 spiro atoms. The van der Waals surface area contributed by atoms with Gasteiger partial charge in [-0.1, -0.05) is 0 Å². The van der Waals surface area contributed by atoms with E-state index in [9.17, 15) is 23.9 Å². The third-order valence-corrected chi connectivity index (χ3v) is 2.24. The topological polar surface area (TPSA) is 177 Å². The summed E-state index contributed by atoms with van der Waals surface area (Å²) in [6.45, 7) is -4.37. The SMILES string of the molecule is [2H]OC1([2H])[C@]([2H])([15n]2c([2H])c([2H])c(=O)[15n]([2H])c2=O)O[C@]([2H])(C([2H])([2H])OP(=O)([O-])[O-])[C@@]1([2H])O[2H].[Li+].[Li+]. The van der Waals surface area contributed by atoms with E-state index < -0.39 is 71.8 Å². The first-order valence-corrected chi connectivity index (χ1v) is 6.24. The van der Waals surface area contributed by atoms with E-state index in [1.54, 1.807) is 0 Å². The number of phosphoric acid groups is 1. The van der Waals surface area contributed by atoms with Crippen molar-refractivity contribution >= 4 is 7.82 Å². The number of hydrogen-bond donors (Lipinski definition) is 3. The molecule has 1 fully saturated rings. The Balaban J connectivity index is 0.00000544. The van der Waals surface area contributed by atoms with Crippen LogP contribution < -0.4 is 58.8 Å². The molecule has 1 aliphatic rings. The minimum absolute atomic E-state index is 0. The number of aliphatic hydroxyl groups is 2. The number of nitrogens with one attached hydrogen (secondary N) is 1. The van der Waals surface area contributed by atoms with Crippen molar-refractivity contribution in [1.29, 1.82) is 2.86 Å². The van der Waals surface area contributed by atoms with Crippen LogP contribution in [0, 0.1) is 0 Å². The quantitative estimate of drug-likeness (QED) is 0.332. The normalized spacial score (nSPS) is 47.3. The summed E-state index contributed by atoms with van der Waals surface area (Å²) in [4.78, 5) is 45.3. The Bertz CT molecular complexity index is 1120. The van der Waals surface area contributed by atoms with Crippen molar-refractivity contribution in [3.63, 3.8) is 0 Å². The van der Waals surface area contributed by atoms with E-state index in [-0.39, 0.29) is 37.7 Å². The number of ether oxygens (including phenoxy) is 1. The van der Waals surface area contributed by atoms with Gasteiger partial charge in [0.05, 0.1) is 25.3 Å². The zero-order valence-corrected chi connectivity index (χ0v) is 12.4. The van der Waals surface area contributed by atoms with E-state index in [0.717, 1.165) is 0 Å². The largest absolute Gasteiger partial charge is 1.00 e. The van der Waals surface area contributed by atoms with Crippen LogP contribution in [-0.4, -0.2) is 47.4 Å². The maximum atomic E-state index is 12.4. The van der Waals surface area contributed by atoms with E-state index in [2.05, 4.69) is 19.5 Å². The Morgan fingerprint density at radius 1 is 1.57 bits per heavy atom. The second kappa shape index (κ2) is 8.81.